The van der Waals surface area contributed by atoms with Crippen molar-refractivity contribution in [3.05, 3.63) is 24.8 Å². The summed E-state index contributed by atoms with van der Waals surface area (Å²) in [5.41, 5.74) is 5.14. The van der Waals surface area contributed by atoms with E-state index in [1.165, 1.54) is 13.8 Å². The molecule has 4 unspecified atom stereocenters. The molecule has 3 heterocycles. The smallest absolute Gasteiger partial charge is 0.386 e. The molecule has 0 aromatic carbocycles. The van der Waals surface area contributed by atoms with Crippen molar-refractivity contribution >= 4 is 74.9 Å². The SMILES string of the molecule is C=C(C)C1CCC(C(=O)SCCNC(=O)CCNC(=O)[C@H](O)C(C)(C)COP(=O)(O)OP(=O)(O)OC[C@H]2O[C@@H](n3cnc4c(N)ncnc43)[C@H](O)[C@@H]2OP(=O)(O)O)C(=O)C1. The molecule has 2 aromatic rings. The fourth-order valence-electron chi connectivity index (χ4n) is 6.07. The number of nitrogens with two attached hydrogens (primary N) is 1. The number of thioether (sulfide) groups is 1. The largest absolute Gasteiger partial charge is 0.481 e. The second-order valence-corrected chi connectivity index (χ2v) is 19.9. The molecule has 9 atom stereocenters. The second kappa shape index (κ2) is 20.4. The summed E-state index contributed by atoms with van der Waals surface area (Å²) in [6.07, 6.45) is -5.60. The number of Topliss-reactive ketones (excluding diaryl/α,β-unsaturated/α-hetero) is 1. The van der Waals surface area contributed by atoms with Crippen molar-refractivity contribution in [1.29, 1.82) is 0 Å². The van der Waals surface area contributed by atoms with E-state index in [0.717, 1.165) is 34.6 Å². The van der Waals surface area contributed by atoms with Crippen molar-refractivity contribution < 1.29 is 85.3 Å². The zero-order valence-corrected chi connectivity index (χ0v) is 36.0. The van der Waals surface area contributed by atoms with Crippen molar-refractivity contribution in [2.75, 3.05) is 37.8 Å². The molecule has 2 fully saturated rings. The number of ether oxygens (including phenoxy) is 1. The average Bonchev–Trinajstić information content (AvgIpc) is 3.71. The number of aromatic nitrogens is 4. The minimum Gasteiger partial charge on any atom is -0.386 e. The molecule has 60 heavy (non-hydrogen) atoms. The molecular weight excluding hydrogens is 883 g/mol. The number of aliphatic hydroxyl groups is 2. The number of carbonyl (C=O) groups excluding carboxylic acids is 4. The fraction of sp³-hybridized carbons (Fsp3) is 0.645. The van der Waals surface area contributed by atoms with Crippen molar-refractivity contribution in [2.24, 2.45) is 17.3 Å². The van der Waals surface area contributed by atoms with Crippen molar-refractivity contribution in [3.8, 4) is 0 Å². The minimum atomic E-state index is -5.59. The van der Waals surface area contributed by atoms with Crippen LogP contribution in [0.25, 0.3) is 11.2 Å². The van der Waals surface area contributed by atoms with Gasteiger partial charge in [-0.15, -0.1) is 0 Å². The number of rotatable bonds is 21. The van der Waals surface area contributed by atoms with E-state index in [1.54, 1.807) is 0 Å². The molecular formula is C31H48N7O18P3S. The highest BCUT2D eigenvalue weighted by Crippen LogP contribution is 2.61. The molecule has 1 saturated heterocycles. The van der Waals surface area contributed by atoms with Gasteiger partial charge in [0.05, 0.1) is 25.5 Å². The molecule has 2 aromatic heterocycles. The van der Waals surface area contributed by atoms with Gasteiger partial charge < -0.3 is 50.9 Å². The maximum Gasteiger partial charge on any atom is 0.481 e. The molecule has 0 bridgehead atoms. The lowest BCUT2D eigenvalue weighted by Crippen LogP contribution is -2.46. The molecule has 0 radical (unpaired) electrons. The van der Waals surface area contributed by atoms with E-state index in [1.807, 2.05) is 6.92 Å². The molecule has 1 aliphatic heterocycles. The Morgan fingerprint density at radius 3 is 2.42 bits per heavy atom. The lowest BCUT2D eigenvalue weighted by molar-refractivity contribution is -0.137. The lowest BCUT2D eigenvalue weighted by Gasteiger charge is -2.30. The van der Waals surface area contributed by atoms with Gasteiger partial charge >= 0.3 is 23.5 Å². The van der Waals surface area contributed by atoms with Crippen molar-refractivity contribution in [3.63, 3.8) is 0 Å². The van der Waals surface area contributed by atoms with Crippen LogP contribution in [-0.4, -0.2) is 128 Å². The highest BCUT2D eigenvalue weighted by Gasteiger charge is 2.50. The summed E-state index contributed by atoms with van der Waals surface area (Å²) < 4.78 is 62.2. The summed E-state index contributed by atoms with van der Waals surface area (Å²) in [6, 6.07) is 0. The number of anilines is 1. The number of nitrogens with one attached hydrogen (secondary N) is 2. The first-order valence-electron chi connectivity index (χ1n) is 18.0. The maximum absolute atomic E-state index is 12.7. The maximum atomic E-state index is 12.7. The number of aliphatic hydroxyl groups excluding tert-OH is 2. The van der Waals surface area contributed by atoms with Crippen LogP contribution in [0.15, 0.2) is 24.8 Å². The zero-order chi connectivity index (χ0) is 44.8. The highest BCUT2D eigenvalue weighted by atomic mass is 32.2. The van der Waals surface area contributed by atoms with Gasteiger partial charge in [-0.05, 0) is 25.7 Å². The van der Waals surface area contributed by atoms with Crippen LogP contribution >= 0.6 is 35.2 Å². The first-order chi connectivity index (χ1) is 27.8. The summed E-state index contributed by atoms with van der Waals surface area (Å²) in [5, 5.41) is 26.1. The third-order valence-corrected chi connectivity index (χ3v) is 13.4. The molecule has 2 amide bonds. The van der Waals surface area contributed by atoms with E-state index < -0.39 is 90.5 Å². The van der Waals surface area contributed by atoms with Crippen LogP contribution < -0.4 is 16.4 Å². The van der Waals surface area contributed by atoms with Gasteiger partial charge in [0.15, 0.2) is 22.8 Å². The predicted octanol–water partition coefficient (Wildman–Crippen LogP) is 0.226. The molecule has 1 aliphatic carbocycles. The van der Waals surface area contributed by atoms with Crippen LogP contribution in [0.4, 0.5) is 5.82 Å². The molecule has 4 rings (SSSR count). The number of imidazole rings is 1. The Morgan fingerprint density at radius 1 is 1.08 bits per heavy atom. The Hall–Kier alpha value is -3.03. The molecule has 0 spiro atoms. The zero-order valence-electron chi connectivity index (χ0n) is 32.5. The van der Waals surface area contributed by atoms with Crippen LogP contribution in [0.1, 0.15) is 52.7 Å². The summed E-state index contributed by atoms with van der Waals surface area (Å²) in [5.74, 6) is -2.04. The topological polar surface area (TPSA) is 381 Å². The fourth-order valence-corrected chi connectivity index (χ4v) is 9.75. The van der Waals surface area contributed by atoms with Crippen molar-refractivity contribution in [1.82, 2.24) is 30.2 Å². The average molecular weight is 932 g/mol. The third-order valence-electron chi connectivity index (χ3n) is 9.37. The van der Waals surface area contributed by atoms with Crippen LogP contribution in [0.3, 0.4) is 0 Å². The minimum absolute atomic E-state index is 0.0240. The molecule has 25 nitrogen and oxygen atoms in total. The number of hydrogen-bond donors (Lipinski definition) is 9. The number of amides is 2. The number of ketones is 1. The summed E-state index contributed by atoms with van der Waals surface area (Å²) in [6.45, 7) is 6.04. The number of nitrogens with zero attached hydrogens (tertiary/aromatic N) is 4. The first kappa shape index (κ1) is 49.6. The molecule has 336 valence electrons. The number of allylic oxidation sites excluding steroid dienone is 1. The van der Waals surface area contributed by atoms with Gasteiger partial charge in [0, 0.05) is 37.1 Å². The van der Waals surface area contributed by atoms with Gasteiger partial charge in [0.1, 0.15) is 42.0 Å². The number of fused-ring (bicyclic) bond motifs is 1. The van der Waals surface area contributed by atoms with Gasteiger partial charge in [-0.3, -0.25) is 37.3 Å². The number of nitrogen functional groups attached to an aromatic ring is 1. The lowest BCUT2D eigenvalue weighted by atomic mass is 9.79. The Labute approximate surface area is 346 Å². The second-order valence-electron chi connectivity index (χ2n) is 14.6. The Bertz CT molecular complexity index is 2070. The molecule has 2 aliphatic rings. The number of phosphoric ester groups is 3. The Kier molecular flexibility index (Phi) is 16.9. The summed E-state index contributed by atoms with van der Waals surface area (Å²) in [7, 11) is -16.4. The van der Waals surface area contributed by atoms with E-state index in [0.29, 0.717) is 12.8 Å². The van der Waals surface area contributed by atoms with Crippen molar-refractivity contribution in [2.45, 2.75) is 77.1 Å². The number of hydrogen-bond acceptors (Lipinski definition) is 19. The number of phosphoric acid groups is 3. The van der Waals surface area contributed by atoms with Gasteiger partial charge in [0.2, 0.25) is 11.8 Å². The van der Waals surface area contributed by atoms with Gasteiger partial charge in [-0.2, -0.15) is 4.31 Å². The third kappa shape index (κ3) is 13.7. The number of carbonyl (C=O) groups is 4. The Morgan fingerprint density at radius 2 is 1.77 bits per heavy atom. The Balaban J connectivity index is 1.20. The van der Waals surface area contributed by atoms with E-state index in [2.05, 4.69) is 41.0 Å². The van der Waals surface area contributed by atoms with Crippen LogP contribution in [0.2, 0.25) is 0 Å². The van der Waals surface area contributed by atoms with Crippen LogP contribution in [-0.2, 0) is 55.5 Å². The first-order valence-corrected chi connectivity index (χ1v) is 23.5. The van der Waals surface area contributed by atoms with E-state index in [9.17, 15) is 62.7 Å². The highest BCUT2D eigenvalue weighted by molar-refractivity contribution is 8.13. The van der Waals surface area contributed by atoms with Gasteiger partial charge in [-0.25, -0.2) is 28.6 Å². The molecule has 10 N–H and O–H groups in total. The molecule has 29 heteroatoms. The summed E-state index contributed by atoms with van der Waals surface area (Å²) >= 11 is 0.947. The predicted molar refractivity (Wildman–Crippen MR) is 208 cm³/mol. The van der Waals surface area contributed by atoms with Gasteiger partial charge in [-0.1, -0.05) is 37.8 Å². The van der Waals surface area contributed by atoms with E-state index in [4.69, 9.17) is 19.5 Å². The standard InChI is InChI=1S/C31H48N7O18P3S/c1-16(2)17-5-6-18(19(39)11-17)30(44)60-10-9-33-21(40)7-8-34-28(43)25(42)31(3,4)13-53-59(50,51)56-58(48,49)52-12-20-24(55-57(45,46)47)23(41)29(54-20)38-15-37-22-26(32)35-14-36-27(22)38/h14-15,17-18,20,23-25,29,41-42H,1,5-13H2,2-4H3,(H,33,40)(H,34,43)(H,48,49)(H,50,51)(H2,32,35,36)(H2,45,46,47)/t17?,18?,20-,23-,24-,25+,29-/m1/s1. The monoisotopic (exact) mass is 931 g/mol. The van der Waals surface area contributed by atoms with E-state index in [-0.39, 0.29) is 65.5 Å². The molecule has 1 saturated carbocycles. The normalized spacial score (nSPS) is 25.0. The summed E-state index contributed by atoms with van der Waals surface area (Å²) in [4.78, 5) is 101. The quantitative estimate of drug-likeness (QED) is 0.0350. The van der Waals surface area contributed by atoms with E-state index >= 15 is 0 Å². The van der Waals surface area contributed by atoms with Crippen LogP contribution in [0.5, 0.6) is 0 Å². The van der Waals surface area contributed by atoms with Crippen LogP contribution in [0, 0.1) is 17.3 Å². The van der Waals surface area contributed by atoms with Gasteiger partial charge in [0.25, 0.3) is 0 Å².